The van der Waals surface area contributed by atoms with Crippen LogP contribution in [0.5, 0.6) is 5.75 Å². The predicted octanol–water partition coefficient (Wildman–Crippen LogP) is 2.33. The summed E-state index contributed by atoms with van der Waals surface area (Å²) < 4.78 is 5.43. The second kappa shape index (κ2) is 6.06. The monoisotopic (exact) mass is 318 g/mol. The number of nitrogens with zero attached hydrogens (tertiary/aromatic N) is 2. The Balaban J connectivity index is 1.80. The van der Waals surface area contributed by atoms with Crippen LogP contribution in [0.25, 0.3) is 10.6 Å². The standard InChI is InChI=1S/C16H18N2O3S/c1-3-21-13-6-4-11(5-7-13)15-17-10(2)14(22-15)16(20)18-8-12(19)9-18/h4-7,12,19H,3,8-9H2,1-2H3. The molecule has 0 bridgehead atoms. The summed E-state index contributed by atoms with van der Waals surface area (Å²) in [5, 5.41) is 10.1. The summed E-state index contributed by atoms with van der Waals surface area (Å²) in [4.78, 5) is 19.1. The molecule has 0 radical (unpaired) electrons. The number of aromatic nitrogens is 1. The molecule has 2 aromatic rings. The van der Waals surface area contributed by atoms with Crippen molar-refractivity contribution in [2.45, 2.75) is 20.0 Å². The van der Waals surface area contributed by atoms with E-state index in [0.717, 1.165) is 22.0 Å². The van der Waals surface area contributed by atoms with Gasteiger partial charge in [0.05, 0.1) is 18.4 Å². The highest BCUT2D eigenvalue weighted by Crippen LogP contribution is 2.30. The molecular weight excluding hydrogens is 300 g/mol. The number of carbonyl (C=O) groups excluding carboxylic acids is 1. The van der Waals surface area contributed by atoms with Gasteiger partial charge in [0, 0.05) is 18.7 Å². The molecule has 5 nitrogen and oxygen atoms in total. The van der Waals surface area contributed by atoms with E-state index in [-0.39, 0.29) is 12.0 Å². The molecule has 0 spiro atoms. The minimum atomic E-state index is -0.386. The fourth-order valence-electron chi connectivity index (χ4n) is 2.34. The predicted molar refractivity (Wildman–Crippen MR) is 85.4 cm³/mol. The Morgan fingerprint density at radius 3 is 2.68 bits per heavy atom. The third kappa shape index (κ3) is 2.84. The number of rotatable bonds is 4. The Kier molecular flexibility index (Phi) is 4.13. The van der Waals surface area contributed by atoms with Crippen LogP contribution < -0.4 is 4.74 Å². The topological polar surface area (TPSA) is 62.7 Å². The van der Waals surface area contributed by atoms with Gasteiger partial charge in [-0.15, -0.1) is 11.3 Å². The largest absolute Gasteiger partial charge is 0.494 e. The second-order valence-electron chi connectivity index (χ2n) is 5.25. The molecule has 0 unspecified atom stereocenters. The number of hydrogen-bond acceptors (Lipinski definition) is 5. The Morgan fingerprint density at radius 1 is 1.41 bits per heavy atom. The van der Waals surface area contributed by atoms with E-state index in [1.54, 1.807) is 4.90 Å². The van der Waals surface area contributed by atoms with E-state index < -0.39 is 0 Å². The summed E-state index contributed by atoms with van der Waals surface area (Å²) in [6.45, 7) is 5.25. The van der Waals surface area contributed by atoms with Crippen molar-refractivity contribution in [2.24, 2.45) is 0 Å². The minimum Gasteiger partial charge on any atom is -0.494 e. The van der Waals surface area contributed by atoms with Gasteiger partial charge in [0.1, 0.15) is 15.6 Å². The Hall–Kier alpha value is -1.92. The lowest BCUT2D eigenvalue weighted by molar-refractivity contribution is 0.00616. The molecule has 0 saturated carbocycles. The number of thiazole rings is 1. The third-order valence-electron chi connectivity index (χ3n) is 3.55. The van der Waals surface area contributed by atoms with Crippen LogP contribution in [-0.2, 0) is 0 Å². The third-order valence-corrected chi connectivity index (χ3v) is 4.75. The van der Waals surface area contributed by atoms with Gasteiger partial charge in [-0.1, -0.05) is 0 Å². The fourth-order valence-corrected chi connectivity index (χ4v) is 3.38. The van der Waals surface area contributed by atoms with Crippen molar-refractivity contribution in [1.29, 1.82) is 0 Å². The lowest BCUT2D eigenvalue weighted by Crippen LogP contribution is -2.53. The summed E-state index contributed by atoms with van der Waals surface area (Å²) in [6, 6.07) is 7.71. The van der Waals surface area contributed by atoms with Crippen molar-refractivity contribution < 1.29 is 14.6 Å². The minimum absolute atomic E-state index is 0.0440. The number of benzene rings is 1. The second-order valence-corrected chi connectivity index (χ2v) is 6.25. The molecule has 3 rings (SSSR count). The van der Waals surface area contributed by atoms with E-state index >= 15 is 0 Å². The molecule has 0 aliphatic carbocycles. The van der Waals surface area contributed by atoms with Crippen LogP contribution in [0.4, 0.5) is 0 Å². The fraction of sp³-hybridized carbons (Fsp3) is 0.375. The summed E-state index contributed by atoms with van der Waals surface area (Å²) in [7, 11) is 0. The van der Waals surface area contributed by atoms with E-state index in [4.69, 9.17) is 4.74 Å². The molecule has 1 aliphatic heterocycles. The Bertz CT molecular complexity index is 675. The molecule has 1 aromatic carbocycles. The molecular formula is C16H18N2O3S. The molecule has 1 N–H and O–H groups in total. The number of aliphatic hydroxyl groups excluding tert-OH is 1. The van der Waals surface area contributed by atoms with E-state index in [9.17, 15) is 9.90 Å². The molecule has 6 heteroatoms. The average Bonchev–Trinajstić information content (AvgIpc) is 2.86. The Morgan fingerprint density at radius 2 is 2.09 bits per heavy atom. The van der Waals surface area contributed by atoms with Gasteiger partial charge in [-0.2, -0.15) is 0 Å². The lowest BCUT2D eigenvalue weighted by Gasteiger charge is -2.35. The van der Waals surface area contributed by atoms with Gasteiger partial charge in [0.25, 0.3) is 5.91 Å². The maximum Gasteiger partial charge on any atom is 0.266 e. The summed E-state index contributed by atoms with van der Waals surface area (Å²) >= 11 is 1.39. The van der Waals surface area contributed by atoms with Gasteiger partial charge >= 0.3 is 0 Å². The van der Waals surface area contributed by atoms with Crippen LogP contribution in [0.1, 0.15) is 22.3 Å². The maximum absolute atomic E-state index is 12.3. The van der Waals surface area contributed by atoms with Gasteiger partial charge in [-0.05, 0) is 38.1 Å². The van der Waals surface area contributed by atoms with Crippen molar-refractivity contribution in [2.75, 3.05) is 19.7 Å². The van der Waals surface area contributed by atoms with Gasteiger partial charge < -0.3 is 14.7 Å². The molecule has 2 heterocycles. The van der Waals surface area contributed by atoms with Gasteiger partial charge in [-0.3, -0.25) is 4.79 Å². The first-order valence-electron chi connectivity index (χ1n) is 7.26. The van der Waals surface area contributed by atoms with Gasteiger partial charge in [-0.25, -0.2) is 4.98 Å². The number of β-amino-alcohol motifs (C(OH)–C–C–N with tert-alkyl or cyclic N) is 1. The van der Waals surface area contributed by atoms with E-state index in [1.807, 2.05) is 38.1 Å². The van der Waals surface area contributed by atoms with Crippen LogP contribution >= 0.6 is 11.3 Å². The van der Waals surface area contributed by atoms with Crippen molar-refractivity contribution in [1.82, 2.24) is 9.88 Å². The maximum atomic E-state index is 12.3. The van der Waals surface area contributed by atoms with Crippen LogP contribution in [-0.4, -0.2) is 46.7 Å². The van der Waals surface area contributed by atoms with Crippen LogP contribution in [0, 0.1) is 6.92 Å². The van der Waals surface area contributed by atoms with Crippen LogP contribution in [0.2, 0.25) is 0 Å². The molecule has 1 amide bonds. The molecule has 1 fully saturated rings. The number of ether oxygens (including phenoxy) is 1. The summed E-state index contributed by atoms with van der Waals surface area (Å²) in [5.74, 6) is 0.780. The SMILES string of the molecule is CCOc1ccc(-c2nc(C)c(C(=O)N3CC(O)C3)s2)cc1. The Labute approximate surface area is 133 Å². The zero-order valence-corrected chi connectivity index (χ0v) is 13.4. The van der Waals surface area contributed by atoms with Crippen molar-refractivity contribution >= 4 is 17.2 Å². The lowest BCUT2D eigenvalue weighted by atomic mass is 10.1. The smallest absolute Gasteiger partial charge is 0.266 e. The normalized spacial score (nSPS) is 14.8. The van der Waals surface area contributed by atoms with E-state index in [2.05, 4.69) is 4.98 Å². The first-order chi connectivity index (χ1) is 10.6. The van der Waals surface area contributed by atoms with Crippen molar-refractivity contribution in [3.8, 4) is 16.3 Å². The number of aryl methyl sites for hydroxylation is 1. The van der Waals surface area contributed by atoms with E-state index in [0.29, 0.717) is 24.6 Å². The van der Waals surface area contributed by atoms with E-state index in [1.165, 1.54) is 11.3 Å². The van der Waals surface area contributed by atoms with Crippen molar-refractivity contribution in [3.63, 3.8) is 0 Å². The first-order valence-corrected chi connectivity index (χ1v) is 8.08. The molecule has 1 aromatic heterocycles. The highest BCUT2D eigenvalue weighted by atomic mass is 32.1. The number of hydrogen-bond donors (Lipinski definition) is 1. The summed E-state index contributed by atoms with van der Waals surface area (Å²) in [5.41, 5.74) is 1.71. The summed E-state index contributed by atoms with van der Waals surface area (Å²) in [6.07, 6.45) is -0.386. The number of amides is 1. The number of likely N-dealkylation sites (tertiary alicyclic amines) is 1. The van der Waals surface area contributed by atoms with Crippen LogP contribution in [0.15, 0.2) is 24.3 Å². The zero-order chi connectivity index (χ0) is 15.7. The highest BCUT2D eigenvalue weighted by Gasteiger charge is 2.31. The van der Waals surface area contributed by atoms with Crippen molar-refractivity contribution in [3.05, 3.63) is 34.8 Å². The first kappa shape index (κ1) is 15.0. The van der Waals surface area contributed by atoms with Crippen LogP contribution in [0.3, 0.4) is 0 Å². The molecule has 22 heavy (non-hydrogen) atoms. The average molecular weight is 318 g/mol. The van der Waals surface area contributed by atoms with Gasteiger partial charge in [0.15, 0.2) is 0 Å². The molecule has 116 valence electrons. The molecule has 1 aliphatic rings. The number of aliphatic hydroxyl groups is 1. The molecule has 0 atom stereocenters. The highest BCUT2D eigenvalue weighted by molar-refractivity contribution is 7.17. The quantitative estimate of drug-likeness (QED) is 0.940. The molecule has 1 saturated heterocycles. The zero-order valence-electron chi connectivity index (χ0n) is 12.6. The number of carbonyl (C=O) groups is 1. The van der Waals surface area contributed by atoms with Gasteiger partial charge in [0.2, 0.25) is 0 Å².